The number of hydrogen-bond donors (Lipinski definition) is 1. The summed E-state index contributed by atoms with van der Waals surface area (Å²) >= 11 is 0. The Morgan fingerprint density at radius 1 is 1.09 bits per heavy atom. The van der Waals surface area contributed by atoms with E-state index in [-0.39, 0.29) is 11.6 Å². The molecule has 4 nitrogen and oxygen atoms in total. The minimum atomic E-state index is -0.0341. The largest absolute Gasteiger partial charge is 0.311 e. The molecule has 4 heteroatoms. The van der Waals surface area contributed by atoms with Gasteiger partial charge in [-0.25, -0.2) is 4.98 Å². The van der Waals surface area contributed by atoms with Crippen LogP contribution in [0.1, 0.15) is 29.9 Å². The van der Waals surface area contributed by atoms with Crippen molar-refractivity contribution in [3.05, 3.63) is 69.8 Å². The van der Waals surface area contributed by atoms with E-state index in [0.717, 1.165) is 28.2 Å². The molecular formula is C19H21N3O. The van der Waals surface area contributed by atoms with Gasteiger partial charge in [0, 0.05) is 0 Å². The first-order valence-corrected chi connectivity index (χ1v) is 7.79. The molecule has 1 heterocycles. The fraction of sp³-hybridized carbons (Fsp3) is 0.263. The van der Waals surface area contributed by atoms with Gasteiger partial charge in [-0.3, -0.25) is 9.36 Å². The van der Waals surface area contributed by atoms with Crippen LogP contribution in [0.5, 0.6) is 0 Å². The standard InChI is InChI=1S/C19H21N3O/c1-12-9-13(2)11-15(10-12)22-18(14(3)20-4)21-17-8-6-5-7-16(17)19(22)23/h5-11,14,20H,1-4H3. The Balaban J connectivity index is 2.41. The quantitative estimate of drug-likeness (QED) is 0.808. The SMILES string of the molecule is CNC(C)c1nc2ccccc2c(=O)n1-c1cc(C)cc(C)c1. The van der Waals surface area contributed by atoms with Crippen LogP contribution in [0.25, 0.3) is 16.6 Å². The third-order valence-corrected chi connectivity index (χ3v) is 4.09. The van der Waals surface area contributed by atoms with Crippen LogP contribution in [-0.4, -0.2) is 16.6 Å². The van der Waals surface area contributed by atoms with E-state index in [2.05, 4.69) is 11.4 Å². The number of fused-ring (bicyclic) bond motifs is 1. The number of hydrogen-bond acceptors (Lipinski definition) is 3. The Bertz CT molecular complexity index is 907. The molecule has 118 valence electrons. The van der Waals surface area contributed by atoms with Gasteiger partial charge in [0.2, 0.25) is 0 Å². The Kier molecular flexibility index (Phi) is 4.01. The van der Waals surface area contributed by atoms with Crippen LogP contribution in [0, 0.1) is 13.8 Å². The van der Waals surface area contributed by atoms with Crippen LogP contribution in [0.3, 0.4) is 0 Å². The zero-order chi connectivity index (χ0) is 16.6. The number of benzene rings is 2. The summed E-state index contributed by atoms with van der Waals surface area (Å²) in [7, 11) is 1.87. The molecule has 0 aliphatic rings. The van der Waals surface area contributed by atoms with Crippen molar-refractivity contribution in [2.45, 2.75) is 26.8 Å². The molecule has 0 fully saturated rings. The smallest absolute Gasteiger partial charge is 0.266 e. The van der Waals surface area contributed by atoms with Crippen molar-refractivity contribution in [2.75, 3.05) is 7.05 Å². The average Bonchev–Trinajstić information content (AvgIpc) is 2.53. The molecule has 0 aliphatic carbocycles. The highest BCUT2D eigenvalue weighted by molar-refractivity contribution is 5.77. The molecule has 3 rings (SSSR count). The molecule has 0 saturated carbocycles. The first kappa shape index (κ1) is 15.4. The average molecular weight is 307 g/mol. The third-order valence-electron chi connectivity index (χ3n) is 4.09. The molecule has 0 bridgehead atoms. The third kappa shape index (κ3) is 2.78. The molecule has 0 spiro atoms. The molecule has 1 atom stereocenters. The number of nitrogens with one attached hydrogen (secondary N) is 1. The van der Waals surface area contributed by atoms with E-state index >= 15 is 0 Å². The zero-order valence-electron chi connectivity index (χ0n) is 13.9. The fourth-order valence-corrected chi connectivity index (χ4v) is 2.90. The number of rotatable bonds is 3. The maximum atomic E-state index is 13.1. The second-order valence-electron chi connectivity index (χ2n) is 5.98. The second kappa shape index (κ2) is 5.97. The predicted molar refractivity (Wildman–Crippen MR) is 94.3 cm³/mol. The van der Waals surface area contributed by atoms with Crippen LogP contribution in [-0.2, 0) is 0 Å². The van der Waals surface area contributed by atoms with E-state index in [0.29, 0.717) is 5.39 Å². The summed E-state index contributed by atoms with van der Waals surface area (Å²) in [4.78, 5) is 17.8. The molecule has 1 aromatic heterocycles. The van der Waals surface area contributed by atoms with Crippen LogP contribution < -0.4 is 10.9 Å². The lowest BCUT2D eigenvalue weighted by Gasteiger charge is -2.19. The van der Waals surface area contributed by atoms with E-state index in [1.165, 1.54) is 0 Å². The van der Waals surface area contributed by atoms with Crippen LogP contribution in [0.4, 0.5) is 0 Å². The highest BCUT2D eigenvalue weighted by Gasteiger charge is 2.17. The van der Waals surface area contributed by atoms with Gasteiger partial charge in [0.25, 0.3) is 5.56 Å². The van der Waals surface area contributed by atoms with Crippen LogP contribution in [0.2, 0.25) is 0 Å². The highest BCUT2D eigenvalue weighted by Crippen LogP contribution is 2.19. The molecular weight excluding hydrogens is 286 g/mol. The van der Waals surface area contributed by atoms with E-state index in [1.54, 1.807) is 4.57 Å². The Morgan fingerprint density at radius 2 is 1.74 bits per heavy atom. The maximum absolute atomic E-state index is 13.1. The summed E-state index contributed by atoms with van der Waals surface area (Å²) in [5.41, 5.74) is 3.82. The highest BCUT2D eigenvalue weighted by atomic mass is 16.1. The van der Waals surface area contributed by atoms with E-state index < -0.39 is 0 Å². The number of aromatic nitrogens is 2. The Morgan fingerprint density at radius 3 is 2.39 bits per heavy atom. The molecule has 1 N–H and O–H groups in total. The van der Waals surface area contributed by atoms with Crippen molar-refractivity contribution >= 4 is 10.9 Å². The summed E-state index contributed by atoms with van der Waals surface area (Å²) < 4.78 is 1.73. The molecule has 0 amide bonds. The Hall–Kier alpha value is -2.46. The van der Waals surface area contributed by atoms with E-state index in [9.17, 15) is 4.79 Å². The van der Waals surface area contributed by atoms with Gasteiger partial charge in [-0.15, -0.1) is 0 Å². The summed E-state index contributed by atoms with van der Waals surface area (Å²) in [5.74, 6) is 0.723. The number of nitrogens with zero attached hydrogens (tertiary/aromatic N) is 2. The minimum absolute atomic E-state index is 0.0299. The lowest BCUT2D eigenvalue weighted by Crippen LogP contribution is -2.28. The summed E-state index contributed by atoms with van der Waals surface area (Å²) in [6.07, 6.45) is 0. The van der Waals surface area contributed by atoms with Gasteiger partial charge in [-0.05, 0) is 63.2 Å². The van der Waals surface area contributed by atoms with Crippen molar-refractivity contribution in [3.8, 4) is 5.69 Å². The Labute approximate surface area is 135 Å². The maximum Gasteiger partial charge on any atom is 0.266 e. The van der Waals surface area contributed by atoms with Crippen molar-refractivity contribution < 1.29 is 0 Å². The van der Waals surface area contributed by atoms with Crippen molar-refractivity contribution in [3.63, 3.8) is 0 Å². The zero-order valence-corrected chi connectivity index (χ0v) is 13.9. The van der Waals surface area contributed by atoms with Crippen molar-refractivity contribution in [2.24, 2.45) is 0 Å². The van der Waals surface area contributed by atoms with Gasteiger partial charge in [-0.1, -0.05) is 18.2 Å². The van der Waals surface area contributed by atoms with Gasteiger partial charge < -0.3 is 5.32 Å². The van der Waals surface area contributed by atoms with Gasteiger partial charge in [0.15, 0.2) is 0 Å². The molecule has 3 aromatic rings. The summed E-state index contributed by atoms with van der Waals surface area (Å²) in [6, 6.07) is 13.6. The molecule has 0 aliphatic heterocycles. The van der Waals surface area contributed by atoms with E-state index in [4.69, 9.17) is 4.98 Å². The van der Waals surface area contributed by atoms with Crippen molar-refractivity contribution in [1.82, 2.24) is 14.9 Å². The number of para-hydroxylation sites is 1. The predicted octanol–water partition coefficient (Wildman–Crippen LogP) is 3.28. The van der Waals surface area contributed by atoms with Crippen LogP contribution in [0.15, 0.2) is 47.3 Å². The molecule has 2 aromatic carbocycles. The molecule has 0 radical (unpaired) electrons. The second-order valence-corrected chi connectivity index (χ2v) is 5.98. The van der Waals surface area contributed by atoms with Gasteiger partial charge >= 0.3 is 0 Å². The lowest BCUT2D eigenvalue weighted by atomic mass is 10.1. The summed E-state index contributed by atoms with van der Waals surface area (Å²) in [5, 5.41) is 3.83. The van der Waals surface area contributed by atoms with Crippen molar-refractivity contribution in [1.29, 1.82) is 0 Å². The van der Waals surface area contributed by atoms with Gasteiger partial charge in [-0.2, -0.15) is 0 Å². The number of aryl methyl sites for hydroxylation is 2. The van der Waals surface area contributed by atoms with E-state index in [1.807, 2.05) is 64.2 Å². The monoisotopic (exact) mass is 307 g/mol. The summed E-state index contributed by atoms with van der Waals surface area (Å²) in [6.45, 7) is 6.09. The first-order valence-electron chi connectivity index (χ1n) is 7.79. The van der Waals surface area contributed by atoms with Gasteiger partial charge in [0.05, 0.1) is 22.6 Å². The topological polar surface area (TPSA) is 46.9 Å². The molecule has 23 heavy (non-hydrogen) atoms. The van der Waals surface area contributed by atoms with Crippen LogP contribution >= 0.6 is 0 Å². The lowest BCUT2D eigenvalue weighted by molar-refractivity contribution is 0.589. The van der Waals surface area contributed by atoms with Gasteiger partial charge in [0.1, 0.15) is 5.82 Å². The fourth-order valence-electron chi connectivity index (χ4n) is 2.90. The molecule has 1 unspecified atom stereocenters. The molecule has 0 saturated heterocycles. The first-order chi connectivity index (χ1) is 11.0. The minimum Gasteiger partial charge on any atom is -0.311 e. The normalized spacial score (nSPS) is 12.5.